The molecule has 0 aliphatic carbocycles. The molecular weight excluding hydrogens is 325 g/mol. The third-order valence-corrected chi connectivity index (χ3v) is 3.88. The van der Waals surface area contributed by atoms with Crippen LogP contribution in [0.3, 0.4) is 0 Å². The van der Waals surface area contributed by atoms with Gasteiger partial charge in [0.1, 0.15) is 17.8 Å². The maximum Gasteiger partial charge on any atom is 0.277 e. The molecule has 9 heteroatoms. The number of hydrogen-bond acceptors (Lipinski definition) is 6. The SMILES string of the molecule is CN=C(C=C(C)N)NC(=O)c1cnc2ccc(N3CC[C@H](F)C3)nn12. The number of amidine groups is 1. The van der Waals surface area contributed by atoms with Crippen molar-refractivity contribution in [3.8, 4) is 0 Å². The Kier molecular flexibility index (Phi) is 4.64. The van der Waals surface area contributed by atoms with Crippen molar-refractivity contribution in [2.45, 2.75) is 19.5 Å². The molecule has 0 bridgehead atoms. The zero-order valence-corrected chi connectivity index (χ0v) is 14.1. The van der Waals surface area contributed by atoms with Crippen LogP contribution in [0.1, 0.15) is 23.8 Å². The summed E-state index contributed by atoms with van der Waals surface area (Å²) >= 11 is 0. The number of halogens is 1. The largest absolute Gasteiger partial charge is 0.402 e. The molecule has 1 amide bonds. The molecule has 1 aliphatic rings. The number of aliphatic imine (C=N–C) groups is 1. The molecule has 3 heterocycles. The monoisotopic (exact) mass is 345 g/mol. The number of fused-ring (bicyclic) bond motifs is 1. The van der Waals surface area contributed by atoms with E-state index in [1.54, 1.807) is 32.2 Å². The van der Waals surface area contributed by atoms with Crippen LogP contribution in [-0.4, -0.2) is 52.6 Å². The first-order chi connectivity index (χ1) is 12.0. The predicted molar refractivity (Wildman–Crippen MR) is 93.5 cm³/mol. The van der Waals surface area contributed by atoms with Gasteiger partial charge in [-0.15, -0.1) is 5.10 Å². The second-order valence-electron chi connectivity index (χ2n) is 5.89. The van der Waals surface area contributed by atoms with Gasteiger partial charge in [-0.3, -0.25) is 9.79 Å². The van der Waals surface area contributed by atoms with Crippen molar-refractivity contribution in [1.82, 2.24) is 19.9 Å². The first-order valence-electron chi connectivity index (χ1n) is 7.93. The van der Waals surface area contributed by atoms with Crippen molar-refractivity contribution in [1.29, 1.82) is 0 Å². The highest BCUT2D eigenvalue weighted by Crippen LogP contribution is 2.20. The summed E-state index contributed by atoms with van der Waals surface area (Å²) in [6.45, 7) is 2.61. The Bertz CT molecular complexity index is 853. The van der Waals surface area contributed by atoms with Crippen LogP contribution in [-0.2, 0) is 0 Å². The molecule has 2 aromatic rings. The molecule has 2 aromatic heterocycles. The van der Waals surface area contributed by atoms with Crippen LogP contribution in [0.4, 0.5) is 10.2 Å². The number of imidazole rings is 1. The highest BCUT2D eigenvalue weighted by molar-refractivity contribution is 6.09. The maximum atomic E-state index is 13.4. The minimum Gasteiger partial charge on any atom is -0.402 e. The van der Waals surface area contributed by atoms with Crippen molar-refractivity contribution in [3.63, 3.8) is 0 Å². The maximum absolute atomic E-state index is 13.4. The number of aromatic nitrogens is 3. The summed E-state index contributed by atoms with van der Waals surface area (Å²) in [7, 11) is 1.56. The topological polar surface area (TPSA) is 101 Å². The number of hydrogen-bond donors (Lipinski definition) is 2. The molecule has 0 unspecified atom stereocenters. The lowest BCUT2D eigenvalue weighted by Gasteiger charge is -2.16. The summed E-state index contributed by atoms with van der Waals surface area (Å²) in [5.41, 5.74) is 6.93. The Morgan fingerprint density at radius 1 is 1.52 bits per heavy atom. The second-order valence-corrected chi connectivity index (χ2v) is 5.89. The molecule has 25 heavy (non-hydrogen) atoms. The van der Waals surface area contributed by atoms with Gasteiger partial charge in [-0.1, -0.05) is 0 Å². The van der Waals surface area contributed by atoms with E-state index in [1.807, 2.05) is 4.90 Å². The van der Waals surface area contributed by atoms with E-state index in [-0.39, 0.29) is 5.69 Å². The fourth-order valence-corrected chi connectivity index (χ4v) is 2.67. The fourth-order valence-electron chi connectivity index (χ4n) is 2.67. The lowest BCUT2D eigenvalue weighted by Crippen LogP contribution is -2.31. The zero-order chi connectivity index (χ0) is 18.0. The van der Waals surface area contributed by atoms with Gasteiger partial charge in [0.25, 0.3) is 5.91 Å². The highest BCUT2D eigenvalue weighted by Gasteiger charge is 2.24. The van der Waals surface area contributed by atoms with Crippen LogP contribution >= 0.6 is 0 Å². The van der Waals surface area contributed by atoms with Crippen LogP contribution in [0.5, 0.6) is 0 Å². The summed E-state index contributed by atoms with van der Waals surface area (Å²) in [6.07, 6.45) is 2.64. The average Bonchev–Trinajstić information content (AvgIpc) is 3.19. The van der Waals surface area contributed by atoms with Crippen LogP contribution in [0.25, 0.3) is 5.65 Å². The molecule has 1 aliphatic heterocycles. The first kappa shape index (κ1) is 16.9. The summed E-state index contributed by atoms with van der Waals surface area (Å²) < 4.78 is 14.9. The molecule has 0 aromatic carbocycles. The quantitative estimate of drug-likeness (QED) is 0.636. The average molecular weight is 345 g/mol. The van der Waals surface area contributed by atoms with Gasteiger partial charge in [0, 0.05) is 19.3 Å². The number of allylic oxidation sites excluding steroid dienone is 1. The third-order valence-electron chi connectivity index (χ3n) is 3.88. The Labute approximate surface area is 144 Å². The number of nitrogens with two attached hydrogens (primary N) is 1. The Morgan fingerprint density at radius 3 is 2.96 bits per heavy atom. The molecule has 1 fully saturated rings. The van der Waals surface area contributed by atoms with E-state index in [0.29, 0.717) is 42.5 Å². The van der Waals surface area contributed by atoms with E-state index in [0.717, 1.165) is 0 Å². The molecule has 0 saturated carbocycles. The van der Waals surface area contributed by atoms with E-state index in [1.165, 1.54) is 10.7 Å². The first-order valence-corrected chi connectivity index (χ1v) is 7.93. The number of nitrogens with zero attached hydrogens (tertiary/aromatic N) is 5. The van der Waals surface area contributed by atoms with Gasteiger partial charge < -0.3 is 16.0 Å². The van der Waals surface area contributed by atoms with Crippen molar-refractivity contribution in [2.75, 3.05) is 25.0 Å². The predicted octanol–water partition coefficient (Wildman–Crippen LogP) is 0.898. The molecule has 0 spiro atoms. The smallest absolute Gasteiger partial charge is 0.277 e. The van der Waals surface area contributed by atoms with Gasteiger partial charge in [0.05, 0.1) is 12.7 Å². The van der Waals surface area contributed by atoms with Crippen LogP contribution in [0, 0.1) is 0 Å². The van der Waals surface area contributed by atoms with E-state index < -0.39 is 12.1 Å². The van der Waals surface area contributed by atoms with E-state index >= 15 is 0 Å². The summed E-state index contributed by atoms with van der Waals surface area (Å²) in [4.78, 5) is 22.5. The van der Waals surface area contributed by atoms with Crippen LogP contribution in [0.15, 0.2) is 35.1 Å². The zero-order valence-electron chi connectivity index (χ0n) is 14.1. The van der Waals surface area contributed by atoms with E-state index in [9.17, 15) is 9.18 Å². The number of nitrogens with one attached hydrogen (secondary N) is 1. The van der Waals surface area contributed by atoms with Gasteiger partial charge >= 0.3 is 0 Å². The number of amides is 1. The van der Waals surface area contributed by atoms with Gasteiger partial charge in [-0.25, -0.2) is 13.9 Å². The lowest BCUT2D eigenvalue weighted by molar-refractivity contribution is 0.0970. The molecule has 132 valence electrons. The Hall–Kier alpha value is -2.97. The minimum atomic E-state index is -0.849. The number of carbonyl (C=O) groups is 1. The number of alkyl halides is 1. The van der Waals surface area contributed by atoms with Crippen molar-refractivity contribution < 1.29 is 9.18 Å². The van der Waals surface area contributed by atoms with Crippen LogP contribution in [0.2, 0.25) is 0 Å². The van der Waals surface area contributed by atoms with Gasteiger partial charge in [-0.2, -0.15) is 0 Å². The fraction of sp³-hybridized carbons (Fsp3) is 0.375. The minimum absolute atomic E-state index is 0.261. The highest BCUT2D eigenvalue weighted by atomic mass is 19.1. The van der Waals surface area contributed by atoms with Gasteiger partial charge in [-0.05, 0) is 31.6 Å². The number of anilines is 1. The van der Waals surface area contributed by atoms with E-state index in [4.69, 9.17) is 5.73 Å². The lowest BCUT2D eigenvalue weighted by atomic mass is 10.3. The standard InChI is InChI=1S/C16H20FN7O/c1-10(18)7-13(19-2)21-16(25)12-8-20-14-3-4-15(22-24(12)14)23-6-5-11(17)9-23/h3-4,7-8,11H,5-6,9,18H2,1-2H3,(H,19,21,25)/t11-/m0/s1. The number of rotatable bonds is 3. The molecule has 1 saturated heterocycles. The molecule has 0 radical (unpaired) electrons. The summed E-state index contributed by atoms with van der Waals surface area (Å²) in [6, 6.07) is 3.53. The summed E-state index contributed by atoms with van der Waals surface area (Å²) in [5.74, 6) is 0.553. The summed E-state index contributed by atoms with van der Waals surface area (Å²) in [5, 5.41) is 7.11. The van der Waals surface area contributed by atoms with Crippen LogP contribution < -0.4 is 16.0 Å². The van der Waals surface area contributed by atoms with Gasteiger partial charge in [0.15, 0.2) is 11.3 Å². The molecular formula is C16H20FN7O. The molecule has 1 atom stereocenters. The molecule has 3 rings (SSSR count). The second kappa shape index (κ2) is 6.88. The Morgan fingerprint density at radius 2 is 2.32 bits per heavy atom. The Balaban J connectivity index is 1.88. The molecule has 3 N–H and O–H groups in total. The number of carbonyl (C=O) groups excluding carboxylic acids is 1. The normalized spacial score (nSPS) is 18.8. The van der Waals surface area contributed by atoms with Gasteiger partial charge in [0.2, 0.25) is 0 Å². The van der Waals surface area contributed by atoms with Crippen molar-refractivity contribution in [2.24, 2.45) is 10.7 Å². The molecule has 8 nitrogen and oxygen atoms in total. The van der Waals surface area contributed by atoms with Crippen molar-refractivity contribution in [3.05, 3.63) is 35.8 Å². The van der Waals surface area contributed by atoms with Crippen molar-refractivity contribution >= 4 is 23.2 Å². The third kappa shape index (κ3) is 3.59. The van der Waals surface area contributed by atoms with E-state index in [2.05, 4.69) is 20.4 Å².